The van der Waals surface area contributed by atoms with Crippen molar-refractivity contribution in [3.63, 3.8) is 0 Å². The first kappa shape index (κ1) is 19.8. The zero-order valence-corrected chi connectivity index (χ0v) is 17.1. The van der Waals surface area contributed by atoms with Crippen molar-refractivity contribution in [3.05, 3.63) is 56.4 Å². The van der Waals surface area contributed by atoms with Gasteiger partial charge in [0.05, 0.1) is 23.7 Å². The summed E-state index contributed by atoms with van der Waals surface area (Å²) in [6.45, 7) is 7.19. The molecular formula is C20H21N3O4S. The Hall–Kier alpha value is -3.00. The molecule has 2 aromatic heterocycles. The van der Waals surface area contributed by atoms with Gasteiger partial charge in [-0.05, 0) is 44.9 Å². The van der Waals surface area contributed by atoms with Crippen LogP contribution in [0.2, 0.25) is 0 Å². The minimum atomic E-state index is -0.804. The van der Waals surface area contributed by atoms with E-state index in [9.17, 15) is 14.4 Å². The highest BCUT2D eigenvalue weighted by Crippen LogP contribution is 2.28. The molecule has 3 aromatic rings. The largest absolute Gasteiger partial charge is 0.467 e. The maximum absolute atomic E-state index is 12.9. The number of esters is 1. The minimum Gasteiger partial charge on any atom is -0.467 e. The van der Waals surface area contributed by atoms with Crippen LogP contribution in [0.15, 0.2) is 29.3 Å². The minimum absolute atomic E-state index is 0.292. The SMILES string of the molecule is COC(=O)[C@@H](C)n1cnc2sc(C(=O)Nc3ccc(C)cc3C)c(C)c2c1=O. The molecule has 0 spiro atoms. The first-order valence-corrected chi connectivity index (χ1v) is 9.53. The van der Waals surface area contributed by atoms with Crippen molar-refractivity contribution in [3.8, 4) is 0 Å². The lowest BCUT2D eigenvalue weighted by molar-refractivity contribution is -0.144. The summed E-state index contributed by atoms with van der Waals surface area (Å²) >= 11 is 1.16. The lowest BCUT2D eigenvalue weighted by Crippen LogP contribution is -2.29. The van der Waals surface area contributed by atoms with E-state index in [1.165, 1.54) is 18.0 Å². The molecule has 1 atom stereocenters. The zero-order chi connectivity index (χ0) is 20.6. The molecule has 0 saturated carbocycles. The van der Waals surface area contributed by atoms with Gasteiger partial charge in [0.15, 0.2) is 0 Å². The molecule has 28 heavy (non-hydrogen) atoms. The number of nitrogens with zero attached hydrogens (tertiary/aromatic N) is 2. The van der Waals surface area contributed by atoms with Crippen molar-refractivity contribution in [1.82, 2.24) is 9.55 Å². The van der Waals surface area contributed by atoms with Crippen LogP contribution in [0.5, 0.6) is 0 Å². The Labute approximate surface area is 166 Å². The van der Waals surface area contributed by atoms with Gasteiger partial charge in [-0.3, -0.25) is 14.2 Å². The average molecular weight is 399 g/mol. The fourth-order valence-electron chi connectivity index (χ4n) is 3.05. The third-order valence-corrected chi connectivity index (χ3v) is 5.87. The quantitative estimate of drug-likeness (QED) is 0.680. The standard InChI is InChI=1S/C20H21N3O4S/c1-10-6-7-14(11(2)8-10)22-17(24)16-12(3)15-18(28-16)21-9-23(19(15)25)13(4)20(26)27-5/h6-9,13H,1-5H3,(H,22,24)/t13-/m1/s1. The van der Waals surface area contributed by atoms with E-state index in [0.29, 0.717) is 20.7 Å². The monoisotopic (exact) mass is 399 g/mol. The molecule has 1 N–H and O–H groups in total. The number of amides is 1. The van der Waals surface area contributed by atoms with Gasteiger partial charge in [0.1, 0.15) is 10.9 Å². The van der Waals surface area contributed by atoms with Crippen molar-refractivity contribution in [1.29, 1.82) is 0 Å². The van der Waals surface area contributed by atoms with Crippen LogP contribution in [-0.4, -0.2) is 28.5 Å². The van der Waals surface area contributed by atoms with Crippen molar-refractivity contribution in [2.75, 3.05) is 12.4 Å². The van der Waals surface area contributed by atoms with Crippen molar-refractivity contribution >= 4 is 39.1 Å². The second-order valence-electron chi connectivity index (χ2n) is 6.66. The number of nitrogens with one attached hydrogen (secondary N) is 1. The molecule has 8 heteroatoms. The maximum Gasteiger partial charge on any atom is 0.328 e. The van der Waals surface area contributed by atoms with E-state index in [1.54, 1.807) is 13.8 Å². The Morgan fingerprint density at radius 2 is 1.96 bits per heavy atom. The van der Waals surface area contributed by atoms with Gasteiger partial charge in [-0.1, -0.05) is 17.7 Å². The molecule has 0 aliphatic carbocycles. The molecule has 0 aliphatic heterocycles. The van der Waals surface area contributed by atoms with Crippen LogP contribution < -0.4 is 10.9 Å². The number of benzene rings is 1. The topological polar surface area (TPSA) is 90.3 Å². The summed E-state index contributed by atoms with van der Waals surface area (Å²) in [5.41, 5.74) is 2.96. The molecule has 0 aliphatic rings. The Kier molecular flexibility index (Phi) is 5.33. The summed E-state index contributed by atoms with van der Waals surface area (Å²) in [7, 11) is 1.27. The molecule has 0 radical (unpaired) electrons. The molecule has 0 fully saturated rings. The van der Waals surface area contributed by atoms with Crippen LogP contribution in [0.25, 0.3) is 10.2 Å². The van der Waals surface area contributed by atoms with Crippen molar-refractivity contribution in [2.45, 2.75) is 33.7 Å². The van der Waals surface area contributed by atoms with Crippen molar-refractivity contribution < 1.29 is 14.3 Å². The molecular weight excluding hydrogens is 378 g/mol. The third-order valence-electron chi connectivity index (χ3n) is 4.67. The van der Waals surface area contributed by atoms with E-state index in [1.807, 2.05) is 32.0 Å². The summed E-state index contributed by atoms with van der Waals surface area (Å²) in [5.74, 6) is -0.830. The number of thiophene rings is 1. The predicted octanol–water partition coefficient (Wildman–Crippen LogP) is 3.37. The first-order chi connectivity index (χ1) is 13.2. The van der Waals surface area contributed by atoms with Crippen LogP contribution in [-0.2, 0) is 9.53 Å². The molecule has 1 aromatic carbocycles. The van der Waals surface area contributed by atoms with E-state index >= 15 is 0 Å². The second kappa shape index (κ2) is 7.55. The number of carbonyl (C=O) groups excluding carboxylic acids is 2. The van der Waals surface area contributed by atoms with Gasteiger partial charge in [0.25, 0.3) is 11.5 Å². The van der Waals surface area contributed by atoms with E-state index < -0.39 is 12.0 Å². The Bertz CT molecular complexity index is 1150. The first-order valence-electron chi connectivity index (χ1n) is 8.71. The van der Waals surface area contributed by atoms with Gasteiger partial charge >= 0.3 is 5.97 Å². The molecule has 146 valence electrons. The van der Waals surface area contributed by atoms with Gasteiger partial charge in [-0.25, -0.2) is 9.78 Å². The summed E-state index contributed by atoms with van der Waals surface area (Å²) in [4.78, 5) is 42.6. The Balaban J connectivity index is 2.02. The average Bonchev–Trinajstić information content (AvgIpc) is 3.00. The van der Waals surface area contributed by atoms with Crippen LogP contribution in [0.4, 0.5) is 5.69 Å². The summed E-state index contributed by atoms with van der Waals surface area (Å²) in [6, 6.07) is 4.96. The smallest absolute Gasteiger partial charge is 0.328 e. The van der Waals surface area contributed by atoms with E-state index in [2.05, 4.69) is 10.3 Å². The number of ether oxygens (including phenoxy) is 1. The summed E-state index contributed by atoms with van der Waals surface area (Å²) in [6.07, 6.45) is 1.31. The normalized spacial score (nSPS) is 12.0. The molecule has 2 heterocycles. The zero-order valence-electron chi connectivity index (χ0n) is 16.3. The van der Waals surface area contributed by atoms with Gasteiger partial charge in [0, 0.05) is 5.69 Å². The Morgan fingerprint density at radius 1 is 1.25 bits per heavy atom. The Morgan fingerprint density at radius 3 is 2.61 bits per heavy atom. The third kappa shape index (κ3) is 3.43. The number of anilines is 1. The number of methoxy groups -OCH3 is 1. The highest BCUT2D eigenvalue weighted by Gasteiger charge is 2.23. The molecule has 0 saturated heterocycles. The maximum atomic E-state index is 12.9. The number of fused-ring (bicyclic) bond motifs is 1. The fraction of sp³-hybridized carbons (Fsp3) is 0.300. The number of carbonyl (C=O) groups is 2. The number of rotatable bonds is 4. The molecule has 1 amide bonds. The van der Waals surface area contributed by atoms with E-state index in [-0.39, 0.29) is 11.5 Å². The molecule has 7 nitrogen and oxygen atoms in total. The van der Waals surface area contributed by atoms with Gasteiger partial charge in [-0.15, -0.1) is 11.3 Å². The van der Waals surface area contributed by atoms with Crippen LogP contribution in [0, 0.1) is 20.8 Å². The second-order valence-corrected chi connectivity index (χ2v) is 7.66. The predicted molar refractivity (Wildman–Crippen MR) is 109 cm³/mol. The van der Waals surface area contributed by atoms with E-state index in [4.69, 9.17) is 4.74 Å². The van der Waals surface area contributed by atoms with Gasteiger partial charge < -0.3 is 10.1 Å². The lowest BCUT2D eigenvalue weighted by Gasteiger charge is -2.12. The van der Waals surface area contributed by atoms with Crippen LogP contribution in [0.1, 0.15) is 39.3 Å². The number of hydrogen-bond acceptors (Lipinski definition) is 6. The highest BCUT2D eigenvalue weighted by atomic mass is 32.1. The molecule has 3 rings (SSSR count). The van der Waals surface area contributed by atoms with Gasteiger partial charge in [0.2, 0.25) is 0 Å². The van der Waals surface area contributed by atoms with Gasteiger partial charge in [-0.2, -0.15) is 0 Å². The highest BCUT2D eigenvalue weighted by molar-refractivity contribution is 7.20. The summed E-state index contributed by atoms with van der Waals surface area (Å²) in [5, 5.41) is 3.24. The van der Waals surface area contributed by atoms with E-state index in [0.717, 1.165) is 28.2 Å². The molecule has 0 bridgehead atoms. The van der Waals surface area contributed by atoms with Crippen LogP contribution >= 0.6 is 11.3 Å². The molecule has 0 unspecified atom stereocenters. The van der Waals surface area contributed by atoms with Crippen LogP contribution in [0.3, 0.4) is 0 Å². The number of hydrogen-bond donors (Lipinski definition) is 1. The fourth-order valence-corrected chi connectivity index (χ4v) is 4.08. The lowest BCUT2D eigenvalue weighted by atomic mass is 10.1. The summed E-state index contributed by atoms with van der Waals surface area (Å²) < 4.78 is 5.93. The number of aryl methyl sites for hydroxylation is 3. The number of aromatic nitrogens is 2. The van der Waals surface area contributed by atoms with Crippen molar-refractivity contribution in [2.24, 2.45) is 0 Å².